The van der Waals surface area contributed by atoms with Gasteiger partial charge in [0.25, 0.3) is 0 Å². The fourth-order valence-electron chi connectivity index (χ4n) is 0.868. The molecule has 0 saturated carbocycles. The number of aryl methyl sites for hydroxylation is 1. The summed E-state index contributed by atoms with van der Waals surface area (Å²) in [5.41, 5.74) is 4.90. The van der Waals surface area contributed by atoms with Crippen LogP contribution >= 0.6 is 0 Å². The maximum absolute atomic E-state index is 11.9. The first kappa shape index (κ1) is 10.0. The van der Waals surface area contributed by atoms with E-state index in [4.69, 9.17) is 5.73 Å². The lowest BCUT2D eigenvalue weighted by molar-refractivity contribution is -0.149. The second-order valence-corrected chi connectivity index (χ2v) is 2.71. The molecule has 1 atom stereocenters. The molecule has 0 bridgehead atoms. The summed E-state index contributed by atoms with van der Waals surface area (Å²) < 4.78 is 37.2. The molecule has 0 spiro atoms. The Morgan fingerprint density at radius 1 is 1.46 bits per heavy atom. The summed E-state index contributed by atoms with van der Waals surface area (Å²) >= 11 is 0. The molecule has 0 fully saturated rings. The number of hydrogen-bond donors (Lipinski definition) is 1. The maximum atomic E-state index is 11.9. The molecule has 0 aliphatic rings. The van der Waals surface area contributed by atoms with Crippen molar-refractivity contribution in [3.8, 4) is 0 Å². The third kappa shape index (κ3) is 3.06. The minimum absolute atomic E-state index is 0.148. The molecule has 0 radical (unpaired) electrons. The summed E-state index contributed by atoms with van der Waals surface area (Å²) in [7, 11) is 0. The molecule has 1 unspecified atom stereocenters. The second-order valence-electron chi connectivity index (χ2n) is 2.71. The molecule has 1 rings (SSSR count). The van der Waals surface area contributed by atoms with E-state index < -0.39 is 12.2 Å². The molecule has 0 saturated heterocycles. The Morgan fingerprint density at radius 3 is 2.62 bits per heavy atom. The zero-order valence-corrected chi connectivity index (χ0v) is 6.83. The van der Waals surface area contributed by atoms with E-state index in [0.29, 0.717) is 0 Å². The first-order valence-electron chi connectivity index (χ1n) is 3.80. The van der Waals surface area contributed by atoms with Crippen LogP contribution in [0.2, 0.25) is 0 Å². The molecule has 3 nitrogen and oxygen atoms in total. The first-order valence-corrected chi connectivity index (χ1v) is 3.80. The Hall–Kier alpha value is -1.04. The molecular weight excluding hydrogens is 183 g/mol. The molecule has 0 aliphatic heterocycles. The number of aromatic nitrogens is 2. The Bertz CT molecular complexity index is 242. The van der Waals surface area contributed by atoms with Gasteiger partial charge in [0.2, 0.25) is 0 Å². The summed E-state index contributed by atoms with van der Waals surface area (Å²) in [6.45, 7) is 0.188. The fraction of sp³-hybridized carbons (Fsp3) is 0.571. The van der Waals surface area contributed by atoms with Gasteiger partial charge in [-0.2, -0.15) is 18.3 Å². The van der Waals surface area contributed by atoms with Gasteiger partial charge in [-0.1, -0.05) is 0 Å². The molecule has 0 amide bonds. The van der Waals surface area contributed by atoms with Crippen molar-refractivity contribution in [1.29, 1.82) is 0 Å². The lowest BCUT2D eigenvalue weighted by Gasteiger charge is -2.14. The van der Waals surface area contributed by atoms with Crippen LogP contribution in [0.3, 0.4) is 0 Å². The molecule has 6 heteroatoms. The van der Waals surface area contributed by atoms with E-state index in [0.717, 1.165) is 0 Å². The molecular formula is C7H10F3N3. The molecule has 0 aromatic carbocycles. The number of rotatable bonds is 3. The van der Waals surface area contributed by atoms with E-state index in [9.17, 15) is 13.2 Å². The van der Waals surface area contributed by atoms with Gasteiger partial charge in [-0.15, -0.1) is 0 Å². The van der Waals surface area contributed by atoms with Crippen LogP contribution in [0.4, 0.5) is 13.2 Å². The van der Waals surface area contributed by atoms with Crippen LogP contribution in [0.1, 0.15) is 6.42 Å². The van der Waals surface area contributed by atoms with Gasteiger partial charge in [-0.3, -0.25) is 4.68 Å². The van der Waals surface area contributed by atoms with Crippen molar-refractivity contribution in [3.05, 3.63) is 18.5 Å². The number of hydrogen-bond acceptors (Lipinski definition) is 2. The number of nitrogens with zero attached hydrogens (tertiary/aromatic N) is 2. The van der Waals surface area contributed by atoms with E-state index in [-0.39, 0.29) is 13.0 Å². The summed E-state index contributed by atoms with van der Waals surface area (Å²) in [6, 6.07) is -0.115. The number of halogens is 3. The van der Waals surface area contributed by atoms with E-state index >= 15 is 0 Å². The highest BCUT2D eigenvalue weighted by Crippen LogP contribution is 2.20. The maximum Gasteiger partial charge on any atom is 0.403 e. The van der Waals surface area contributed by atoms with Gasteiger partial charge in [-0.25, -0.2) is 0 Å². The minimum atomic E-state index is -4.31. The van der Waals surface area contributed by atoms with Crippen molar-refractivity contribution in [3.63, 3.8) is 0 Å². The molecule has 1 heterocycles. The average molecular weight is 193 g/mol. The first-order chi connectivity index (χ1) is 6.00. The van der Waals surface area contributed by atoms with Gasteiger partial charge < -0.3 is 5.73 Å². The normalized spacial score (nSPS) is 14.5. The molecule has 13 heavy (non-hydrogen) atoms. The minimum Gasteiger partial charge on any atom is -0.320 e. The highest BCUT2D eigenvalue weighted by Gasteiger charge is 2.36. The van der Waals surface area contributed by atoms with Crippen LogP contribution in [-0.2, 0) is 6.54 Å². The zero-order valence-electron chi connectivity index (χ0n) is 6.83. The summed E-state index contributed by atoms with van der Waals surface area (Å²) in [5.74, 6) is 0. The third-order valence-corrected chi connectivity index (χ3v) is 1.65. The highest BCUT2D eigenvalue weighted by atomic mass is 19.4. The average Bonchev–Trinajstić information content (AvgIpc) is 2.50. The fourth-order valence-corrected chi connectivity index (χ4v) is 0.868. The monoisotopic (exact) mass is 193 g/mol. The Kier molecular flexibility index (Phi) is 2.92. The van der Waals surface area contributed by atoms with Crippen molar-refractivity contribution < 1.29 is 13.2 Å². The van der Waals surface area contributed by atoms with E-state index in [1.54, 1.807) is 12.3 Å². The van der Waals surface area contributed by atoms with Crippen molar-refractivity contribution in [2.24, 2.45) is 5.73 Å². The molecule has 0 aliphatic carbocycles. The summed E-state index contributed by atoms with van der Waals surface area (Å²) in [4.78, 5) is 0. The smallest absolute Gasteiger partial charge is 0.320 e. The molecule has 2 N–H and O–H groups in total. The molecule has 74 valence electrons. The SMILES string of the molecule is NC(CCn1cccn1)C(F)(F)F. The van der Waals surface area contributed by atoms with Crippen LogP contribution in [0.5, 0.6) is 0 Å². The Labute approximate surface area is 73.3 Å². The predicted molar refractivity (Wildman–Crippen MR) is 40.9 cm³/mol. The van der Waals surface area contributed by atoms with Gasteiger partial charge in [0, 0.05) is 18.9 Å². The zero-order chi connectivity index (χ0) is 9.90. The van der Waals surface area contributed by atoms with Gasteiger partial charge >= 0.3 is 6.18 Å². The van der Waals surface area contributed by atoms with Crippen LogP contribution in [0.25, 0.3) is 0 Å². The largest absolute Gasteiger partial charge is 0.403 e. The van der Waals surface area contributed by atoms with Crippen molar-refractivity contribution in [2.75, 3.05) is 0 Å². The highest BCUT2D eigenvalue weighted by molar-refractivity contribution is 4.79. The second kappa shape index (κ2) is 3.78. The van der Waals surface area contributed by atoms with Gasteiger partial charge in [0.1, 0.15) is 6.04 Å². The summed E-state index contributed by atoms with van der Waals surface area (Å²) in [5, 5.41) is 3.76. The van der Waals surface area contributed by atoms with E-state index in [1.165, 1.54) is 10.9 Å². The van der Waals surface area contributed by atoms with Crippen molar-refractivity contribution >= 4 is 0 Å². The Morgan fingerprint density at radius 2 is 2.15 bits per heavy atom. The topological polar surface area (TPSA) is 43.8 Å². The van der Waals surface area contributed by atoms with Crippen LogP contribution in [0, 0.1) is 0 Å². The third-order valence-electron chi connectivity index (χ3n) is 1.65. The standard InChI is InChI=1S/C7H10F3N3/c8-7(9,10)6(11)2-5-13-4-1-3-12-13/h1,3-4,6H,2,5,11H2. The molecule has 1 aromatic heterocycles. The number of nitrogens with two attached hydrogens (primary N) is 1. The Balaban J connectivity index is 2.35. The van der Waals surface area contributed by atoms with Crippen molar-refractivity contribution in [1.82, 2.24) is 9.78 Å². The molecule has 1 aromatic rings. The van der Waals surface area contributed by atoms with Crippen LogP contribution in [0.15, 0.2) is 18.5 Å². The van der Waals surface area contributed by atoms with E-state index in [2.05, 4.69) is 5.10 Å². The number of alkyl halides is 3. The quantitative estimate of drug-likeness (QED) is 0.782. The van der Waals surface area contributed by atoms with Gasteiger partial charge in [0.15, 0.2) is 0 Å². The predicted octanol–water partition coefficient (Wildman–Crippen LogP) is 1.16. The van der Waals surface area contributed by atoms with Gasteiger partial charge in [0.05, 0.1) is 0 Å². The van der Waals surface area contributed by atoms with Crippen LogP contribution < -0.4 is 5.73 Å². The van der Waals surface area contributed by atoms with Crippen LogP contribution in [-0.4, -0.2) is 22.0 Å². The van der Waals surface area contributed by atoms with Crippen molar-refractivity contribution in [2.45, 2.75) is 25.2 Å². The lowest BCUT2D eigenvalue weighted by Crippen LogP contribution is -2.38. The van der Waals surface area contributed by atoms with E-state index in [1.807, 2.05) is 0 Å². The lowest BCUT2D eigenvalue weighted by atomic mass is 10.2. The van der Waals surface area contributed by atoms with Gasteiger partial charge in [-0.05, 0) is 12.5 Å². The summed E-state index contributed by atoms with van der Waals surface area (Å²) in [6.07, 6.45) is -1.35.